The van der Waals surface area contributed by atoms with Gasteiger partial charge in [-0.1, -0.05) is 28.1 Å². The Labute approximate surface area is 127 Å². The van der Waals surface area contributed by atoms with Gasteiger partial charge in [-0.3, -0.25) is 9.79 Å². The second kappa shape index (κ2) is 5.52. The average molecular weight is 333 g/mol. The van der Waals surface area contributed by atoms with Gasteiger partial charge in [0.05, 0.1) is 12.5 Å². The molecule has 0 saturated heterocycles. The zero-order chi connectivity index (χ0) is 14.1. The van der Waals surface area contributed by atoms with E-state index in [2.05, 4.69) is 26.2 Å². The smallest absolute Gasteiger partial charge is 0.231 e. The van der Waals surface area contributed by atoms with Gasteiger partial charge in [0.2, 0.25) is 5.91 Å². The third kappa shape index (κ3) is 3.01. The molecule has 0 radical (unpaired) electrons. The average Bonchev–Trinajstić information content (AvgIpc) is 3.20. The molecule has 0 spiro atoms. The maximum atomic E-state index is 12.3. The number of carbonyl (C=O) groups is 1. The van der Waals surface area contributed by atoms with Gasteiger partial charge in [0.15, 0.2) is 0 Å². The zero-order valence-electron chi connectivity index (χ0n) is 11.4. The van der Waals surface area contributed by atoms with Crippen molar-refractivity contribution in [3.05, 3.63) is 46.1 Å². The van der Waals surface area contributed by atoms with Crippen LogP contribution in [0.3, 0.4) is 0 Å². The van der Waals surface area contributed by atoms with Crippen LogP contribution in [0.2, 0.25) is 0 Å². The van der Waals surface area contributed by atoms with Crippen molar-refractivity contribution in [3.8, 4) is 0 Å². The third-order valence-electron chi connectivity index (χ3n) is 3.80. The SMILES string of the molecule is C[C@H](C(=O)NC1=CC(C2CC2)=NC1)c1ccc(Br)cc1. The first-order chi connectivity index (χ1) is 9.63. The lowest BCUT2D eigenvalue weighted by Crippen LogP contribution is -2.28. The van der Waals surface area contributed by atoms with Crippen molar-refractivity contribution in [1.29, 1.82) is 0 Å². The Morgan fingerprint density at radius 1 is 1.35 bits per heavy atom. The van der Waals surface area contributed by atoms with E-state index in [-0.39, 0.29) is 11.8 Å². The Hall–Kier alpha value is -1.42. The molecule has 1 fully saturated rings. The first-order valence-corrected chi connectivity index (χ1v) is 7.74. The number of nitrogens with zero attached hydrogens (tertiary/aromatic N) is 1. The Kier molecular flexibility index (Phi) is 3.74. The van der Waals surface area contributed by atoms with Crippen LogP contribution in [0.15, 0.2) is 45.5 Å². The summed E-state index contributed by atoms with van der Waals surface area (Å²) >= 11 is 3.40. The number of amides is 1. The van der Waals surface area contributed by atoms with Crippen LogP contribution in [0.4, 0.5) is 0 Å². The number of carbonyl (C=O) groups excluding carboxylic acids is 1. The quantitative estimate of drug-likeness (QED) is 0.901. The van der Waals surface area contributed by atoms with Crippen LogP contribution in [-0.2, 0) is 4.79 Å². The Morgan fingerprint density at radius 2 is 2.05 bits per heavy atom. The maximum Gasteiger partial charge on any atom is 0.231 e. The van der Waals surface area contributed by atoms with E-state index < -0.39 is 0 Å². The molecule has 0 aromatic heterocycles. The first kappa shape index (κ1) is 13.6. The highest BCUT2D eigenvalue weighted by Crippen LogP contribution is 2.33. The first-order valence-electron chi connectivity index (χ1n) is 6.95. The summed E-state index contributed by atoms with van der Waals surface area (Å²) in [7, 11) is 0. The molecule has 1 aromatic rings. The Balaban J connectivity index is 1.62. The summed E-state index contributed by atoms with van der Waals surface area (Å²) in [5.74, 6) is 0.521. The molecule has 4 heteroatoms. The molecule has 2 aliphatic rings. The zero-order valence-corrected chi connectivity index (χ0v) is 13.0. The standard InChI is InChI=1S/C16H17BrN2O/c1-10(11-4-6-13(17)7-5-11)16(20)19-14-8-15(18-9-14)12-2-3-12/h4-8,10,12H,2-3,9H2,1H3,(H,19,20)/t10-/m0/s1. The Bertz CT molecular complexity index is 585. The largest absolute Gasteiger partial charge is 0.327 e. The third-order valence-corrected chi connectivity index (χ3v) is 4.33. The van der Waals surface area contributed by atoms with Gasteiger partial charge in [-0.15, -0.1) is 0 Å². The minimum Gasteiger partial charge on any atom is -0.327 e. The number of hydrogen-bond acceptors (Lipinski definition) is 2. The molecule has 1 aliphatic heterocycles. The normalized spacial score (nSPS) is 19.3. The van der Waals surface area contributed by atoms with Gasteiger partial charge in [-0.05, 0) is 43.5 Å². The van der Waals surface area contributed by atoms with Crippen molar-refractivity contribution in [2.75, 3.05) is 6.54 Å². The van der Waals surface area contributed by atoms with E-state index in [0.29, 0.717) is 12.5 Å². The molecule has 1 heterocycles. The van der Waals surface area contributed by atoms with Crippen LogP contribution < -0.4 is 5.32 Å². The molecule has 1 N–H and O–H groups in total. The van der Waals surface area contributed by atoms with E-state index in [1.807, 2.05) is 37.3 Å². The monoisotopic (exact) mass is 332 g/mol. The van der Waals surface area contributed by atoms with Crippen molar-refractivity contribution in [1.82, 2.24) is 5.32 Å². The van der Waals surface area contributed by atoms with Crippen molar-refractivity contribution < 1.29 is 4.79 Å². The highest BCUT2D eigenvalue weighted by Gasteiger charge is 2.28. The molecule has 1 aliphatic carbocycles. The van der Waals surface area contributed by atoms with Gasteiger partial charge in [0.25, 0.3) is 0 Å². The molecule has 1 saturated carbocycles. The summed E-state index contributed by atoms with van der Waals surface area (Å²) < 4.78 is 1.02. The molecular weight excluding hydrogens is 316 g/mol. The lowest BCUT2D eigenvalue weighted by molar-refractivity contribution is -0.121. The fourth-order valence-corrected chi connectivity index (χ4v) is 2.58. The van der Waals surface area contributed by atoms with Crippen LogP contribution in [0, 0.1) is 5.92 Å². The Morgan fingerprint density at radius 3 is 2.70 bits per heavy atom. The molecule has 20 heavy (non-hydrogen) atoms. The molecule has 104 valence electrons. The minimum absolute atomic E-state index is 0.0332. The van der Waals surface area contributed by atoms with Crippen molar-refractivity contribution >= 4 is 27.5 Å². The molecule has 3 nitrogen and oxygen atoms in total. The van der Waals surface area contributed by atoms with Gasteiger partial charge < -0.3 is 5.32 Å². The molecule has 1 amide bonds. The molecule has 1 atom stereocenters. The summed E-state index contributed by atoms with van der Waals surface area (Å²) in [6.45, 7) is 2.54. The number of aliphatic imine (C=N–C) groups is 1. The van der Waals surface area contributed by atoms with Crippen molar-refractivity contribution in [3.63, 3.8) is 0 Å². The highest BCUT2D eigenvalue weighted by atomic mass is 79.9. The van der Waals surface area contributed by atoms with Gasteiger partial charge in [-0.25, -0.2) is 0 Å². The molecule has 3 rings (SSSR count). The second-order valence-corrected chi connectivity index (χ2v) is 6.36. The van der Waals surface area contributed by atoms with Gasteiger partial charge in [0.1, 0.15) is 0 Å². The van der Waals surface area contributed by atoms with Crippen LogP contribution in [0.25, 0.3) is 0 Å². The summed E-state index contributed by atoms with van der Waals surface area (Å²) in [5, 5.41) is 3.00. The summed E-state index contributed by atoms with van der Waals surface area (Å²) in [6, 6.07) is 7.87. The van der Waals surface area contributed by atoms with Gasteiger partial charge in [-0.2, -0.15) is 0 Å². The van der Waals surface area contributed by atoms with E-state index >= 15 is 0 Å². The number of halogens is 1. The second-order valence-electron chi connectivity index (χ2n) is 5.45. The lowest BCUT2D eigenvalue weighted by Gasteiger charge is -2.12. The van der Waals surface area contributed by atoms with E-state index in [4.69, 9.17) is 0 Å². The highest BCUT2D eigenvalue weighted by molar-refractivity contribution is 9.10. The van der Waals surface area contributed by atoms with E-state index in [1.54, 1.807) is 0 Å². The topological polar surface area (TPSA) is 41.5 Å². The van der Waals surface area contributed by atoms with Crippen LogP contribution >= 0.6 is 15.9 Å². The van der Waals surface area contributed by atoms with Crippen LogP contribution in [0.1, 0.15) is 31.2 Å². The summed E-state index contributed by atoms with van der Waals surface area (Å²) in [5.41, 5.74) is 3.12. The number of nitrogens with one attached hydrogen (secondary N) is 1. The maximum absolute atomic E-state index is 12.3. The number of allylic oxidation sites excluding steroid dienone is 1. The number of rotatable bonds is 4. The van der Waals surface area contributed by atoms with Gasteiger partial charge >= 0.3 is 0 Å². The van der Waals surface area contributed by atoms with E-state index in [0.717, 1.165) is 21.4 Å². The van der Waals surface area contributed by atoms with Crippen LogP contribution in [-0.4, -0.2) is 18.2 Å². The van der Waals surface area contributed by atoms with Crippen molar-refractivity contribution in [2.45, 2.75) is 25.7 Å². The fourth-order valence-electron chi connectivity index (χ4n) is 2.32. The lowest BCUT2D eigenvalue weighted by atomic mass is 10.0. The molecule has 0 unspecified atom stereocenters. The van der Waals surface area contributed by atoms with Gasteiger partial charge in [0, 0.05) is 21.8 Å². The summed E-state index contributed by atoms with van der Waals surface area (Å²) in [4.78, 5) is 16.7. The predicted octanol–water partition coefficient (Wildman–Crippen LogP) is 3.42. The summed E-state index contributed by atoms with van der Waals surface area (Å²) in [6.07, 6.45) is 4.53. The van der Waals surface area contributed by atoms with E-state index in [9.17, 15) is 4.79 Å². The molecule has 1 aromatic carbocycles. The predicted molar refractivity (Wildman–Crippen MR) is 83.8 cm³/mol. The van der Waals surface area contributed by atoms with Crippen molar-refractivity contribution in [2.24, 2.45) is 10.9 Å². The minimum atomic E-state index is -0.158. The number of hydrogen-bond donors (Lipinski definition) is 1. The molecule has 0 bridgehead atoms. The number of benzene rings is 1. The fraction of sp³-hybridized carbons (Fsp3) is 0.375. The molecular formula is C16H17BrN2O. The van der Waals surface area contributed by atoms with Crippen LogP contribution in [0.5, 0.6) is 0 Å². The van der Waals surface area contributed by atoms with E-state index in [1.165, 1.54) is 12.8 Å².